The summed E-state index contributed by atoms with van der Waals surface area (Å²) in [6.07, 6.45) is -0.963. The number of β-amino-alcohol motifs (C(OH)–C–C–N with tert-alkyl or cyclic N) is 1. The number of hydrogen-bond acceptors (Lipinski definition) is 5. The molecule has 0 spiro atoms. The Balaban J connectivity index is 1.48. The number of aliphatic hydroxyl groups is 1. The third kappa shape index (κ3) is 4.31. The summed E-state index contributed by atoms with van der Waals surface area (Å²) in [6, 6.07) is 16.0. The number of para-hydroxylation sites is 1. The zero-order valence-corrected chi connectivity index (χ0v) is 14.4. The van der Waals surface area contributed by atoms with Gasteiger partial charge in [0.2, 0.25) is 5.91 Å². The molecule has 1 saturated heterocycles. The molecule has 1 heterocycles. The standard InChI is InChI=1S/C19H20N2O5/c1-20-12-18(23)21(19(20)24)11-14(22)13-25-15-7-9-17(10-8-15)26-16-5-3-2-4-6-16/h2-10,14,22H,11-13H2,1H3. The molecule has 1 atom stereocenters. The van der Waals surface area contributed by atoms with Crippen molar-refractivity contribution in [1.29, 1.82) is 0 Å². The van der Waals surface area contributed by atoms with Crippen molar-refractivity contribution in [2.45, 2.75) is 6.10 Å². The first-order chi connectivity index (χ1) is 12.5. The minimum atomic E-state index is -0.963. The average molecular weight is 356 g/mol. The number of likely N-dealkylation sites (N-methyl/N-ethyl adjacent to an activating group) is 1. The van der Waals surface area contributed by atoms with Gasteiger partial charge in [-0.1, -0.05) is 18.2 Å². The van der Waals surface area contributed by atoms with E-state index in [1.807, 2.05) is 30.3 Å². The highest BCUT2D eigenvalue weighted by atomic mass is 16.5. The van der Waals surface area contributed by atoms with Crippen LogP contribution in [0.15, 0.2) is 54.6 Å². The summed E-state index contributed by atoms with van der Waals surface area (Å²) in [7, 11) is 1.54. The van der Waals surface area contributed by atoms with E-state index in [0.717, 1.165) is 10.6 Å². The summed E-state index contributed by atoms with van der Waals surface area (Å²) in [5, 5.41) is 10.0. The second-order valence-electron chi connectivity index (χ2n) is 5.99. The van der Waals surface area contributed by atoms with Crippen LogP contribution in [-0.4, -0.2) is 59.7 Å². The highest BCUT2D eigenvalue weighted by Crippen LogP contribution is 2.23. The highest BCUT2D eigenvalue weighted by Gasteiger charge is 2.34. The van der Waals surface area contributed by atoms with Gasteiger partial charge in [-0.25, -0.2) is 4.79 Å². The van der Waals surface area contributed by atoms with Crippen LogP contribution in [0.1, 0.15) is 0 Å². The molecule has 2 aromatic rings. The summed E-state index contributed by atoms with van der Waals surface area (Å²) < 4.78 is 11.2. The average Bonchev–Trinajstić information content (AvgIpc) is 2.88. The minimum Gasteiger partial charge on any atom is -0.491 e. The molecular formula is C19H20N2O5. The first kappa shape index (κ1) is 17.8. The van der Waals surface area contributed by atoms with Gasteiger partial charge in [0.15, 0.2) is 0 Å². The Bertz CT molecular complexity index is 763. The molecule has 0 saturated carbocycles. The van der Waals surface area contributed by atoms with Gasteiger partial charge in [-0.15, -0.1) is 0 Å². The molecule has 26 heavy (non-hydrogen) atoms. The van der Waals surface area contributed by atoms with Gasteiger partial charge in [0, 0.05) is 7.05 Å². The number of carbonyl (C=O) groups excluding carboxylic acids is 2. The number of carbonyl (C=O) groups is 2. The third-order valence-electron chi connectivity index (χ3n) is 3.87. The lowest BCUT2D eigenvalue weighted by atomic mass is 10.3. The van der Waals surface area contributed by atoms with Crippen molar-refractivity contribution in [2.24, 2.45) is 0 Å². The van der Waals surface area contributed by atoms with Crippen molar-refractivity contribution in [3.05, 3.63) is 54.6 Å². The van der Waals surface area contributed by atoms with Gasteiger partial charge in [-0.05, 0) is 36.4 Å². The van der Waals surface area contributed by atoms with Crippen molar-refractivity contribution < 1.29 is 24.2 Å². The lowest BCUT2D eigenvalue weighted by molar-refractivity contribution is -0.126. The van der Waals surface area contributed by atoms with Gasteiger partial charge in [-0.3, -0.25) is 9.69 Å². The maximum Gasteiger partial charge on any atom is 0.327 e. The molecule has 0 radical (unpaired) electrons. The second kappa shape index (κ2) is 7.88. The number of benzene rings is 2. The summed E-state index contributed by atoms with van der Waals surface area (Å²) in [5.41, 5.74) is 0. The second-order valence-corrected chi connectivity index (χ2v) is 5.99. The fraction of sp³-hybridized carbons (Fsp3) is 0.263. The van der Waals surface area contributed by atoms with Crippen LogP contribution in [0, 0.1) is 0 Å². The molecule has 2 aromatic carbocycles. The molecule has 0 aliphatic carbocycles. The van der Waals surface area contributed by atoms with Gasteiger partial charge in [0.05, 0.1) is 6.54 Å². The topological polar surface area (TPSA) is 79.3 Å². The van der Waals surface area contributed by atoms with Crippen LogP contribution in [0.3, 0.4) is 0 Å². The molecule has 0 aromatic heterocycles. The SMILES string of the molecule is CN1CC(=O)N(CC(O)COc2ccc(Oc3ccccc3)cc2)C1=O. The fourth-order valence-corrected chi connectivity index (χ4v) is 2.53. The van der Waals surface area contributed by atoms with E-state index in [0.29, 0.717) is 11.5 Å². The number of nitrogens with zero attached hydrogens (tertiary/aromatic N) is 2. The quantitative estimate of drug-likeness (QED) is 0.769. The van der Waals surface area contributed by atoms with E-state index in [2.05, 4.69) is 0 Å². The number of amides is 3. The Kier molecular flexibility index (Phi) is 5.38. The smallest absolute Gasteiger partial charge is 0.327 e. The van der Waals surface area contributed by atoms with Crippen LogP contribution in [0.2, 0.25) is 0 Å². The maximum absolute atomic E-state index is 11.8. The molecule has 136 valence electrons. The van der Waals surface area contributed by atoms with Crippen LogP contribution in [0.5, 0.6) is 17.2 Å². The van der Waals surface area contributed by atoms with E-state index in [4.69, 9.17) is 9.47 Å². The zero-order valence-electron chi connectivity index (χ0n) is 14.4. The van der Waals surface area contributed by atoms with Crippen LogP contribution in [-0.2, 0) is 4.79 Å². The van der Waals surface area contributed by atoms with Gasteiger partial charge in [-0.2, -0.15) is 0 Å². The highest BCUT2D eigenvalue weighted by molar-refractivity contribution is 6.01. The van der Waals surface area contributed by atoms with Crippen molar-refractivity contribution in [3.63, 3.8) is 0 Å². The Labute approximate surface area is 151 Å². The molecule has 7 nitrogen and oxygen atoms in total. The van der Waals surface area contributed by atoms with Crippen LogP contribution in [0.4, 0.5) is 4.79 Å². The summed E-state index contributed by atoms with van der Waals surface area (Å²) in [6.45, 7) is -0.0772. The normalized spacial score (nSPS) is 15.3. The molecule has 0 bridgehead atoms. The molecule has 1 unspecified atom stereocenters. The molecule has 7 heteroatoms. The molecule has 3 amide bonds. The van der Waals surface area contributed by atoms with Crippen molar-refractivity contribution in [2.75, 3.05) is 26.7 Å². The lowest BCUT2D eigenvalue weighted by Gasteiger charge is -2.18. The van der Waals surface area contributed by atoms with Crippen LogP contribution < -0.4 is 9.47 Å². The summed E-state index contributed by atoms with van der Waals surface area (Å²) in [5.74, 6) is 1.64. The van der Waals surface area contributed by atoms with E-state index in [1.54, 1.807) is 31.3 Å². The summed E-state index contributed by atoms with van der Waals surface area (Å²) >= 11 is 0. The first-order valence-electron chi connectivity index (χ1n) is 8.22. The number of ether oxygens (including phenoxy) is 2. The van der Waals surface area contributed by atoms with Gasteiger partial charge in [0.1, 0.15) is 36.5 Å². The number of urea groups is 1. The first-order valence-corrected chi connectivity index (χ1v) is 8.22. The van der Waals surface area contributed by atoms with E-state index < -0.39 is 12.1 Å². The minimum absolute atomic E-state index is 0.0281. The molecule has 1 aliphatic heterocycles. The zero-order chi connectivity index (χ0) is 18.5. The van der Waals surface area contributed by atoms with Crippen molar-refractivity contribution in [3.8, 4) is 17.2 Å². The van der Waals surface area contributed by atoms with Crippen molar-refractivity contribution >= 4 is 11.9 Å². The Morgan fingerprint density at radius 2 is 1.62 bits per heavy atom. The van der Waals surface area contributed by atoms with Crippen molar-refractivity contribution in [1.82, 2.24) is 9.80 Å². The van der Waals surface area contributed by atoms with Crippen LogP contribution in [0.25, 0.3) is 0 Å². The monoisotopic (exact) mass is 356 g/mol. The fourth-order valence-electron chi connectivity index (χ4n) is 2.53. The number of aliphatic hydroxyl groups excluding tert-OH is 1. The molecule has 1 fully saturated rings. The predicted octanol–water partition coefficient (Wildman–Crippen LogP) is 2.11. The number of rotatable bonds is 7. The molecule has 3 rings (SSSR count). The molecular weight excluding hydrogens is 336 g/mol. The van der Waals surface area contributed by atoms with Gasteiger partial charge in [0.25, 0.3) is 0 Å². The van der Waals surface area contributed by atoms with E-state index in [1.165, 1.54) is 4.90 Å². The molecule has 1 N–H and O–H groups in total. The summed E-state index contributed by atoms with van der Waals surface area (Å²) in [4.78, 5) is 25.8. The largest absolute Gasteiger partial charge is 0.491 e. The Morgan fingerprint density at radius 1 is 1.00 bits per heavy atom. The lowest BCUT2D eigenvalue weighted by Crippen LogP contribution is -2.40. The third-order valence-corrected chi connectivity index (χ3v) is 3.87. The van der Waals surface area contributed by atoms with Crippen LogP contribution >= 0.6 is 0 Å². The van der Waals surface area contributed by atoms with Gasteiger partial charge >= 0.3 is 6.03 Å². The number of hydrogen-bond donors (Lipinski definition) is 1. The maximum atomic E-state index is 11.8. The number of imide groups is 1. The van der Waals surface area contributed by atoms with E-state index >= 15 is 0 Å². The Morgan fingerprint density at radius 3 is 2.23 bits per heavy atom. The van der Waals surface area contributed by atoms with E-state index in [-0.39, 0.29) is 25.6 Å². The van der Waals surface area contributed by atoms with E-state index in [9.17, 15) is 14.7 Å². The Hall–Kier alpha value is -3.06. The predicted molar refractivity (Wildman–Crippen MR) is 94.2 cm³/mol. The van der Waals surface area contributed by atoms with Gasteiger partial charge < -0.3 is 19.5 Å². The molecule has 1 aliphatic rings.